The van der Waals surface area contributed by atoms with Crippen LogP contribution in [-0.2, 0) is 13.1 Å². The van der Waals surface area contributed by atoms with Crippen LogP contribution in [0.3, 0.4) is 0 Å². The number of nitrogens with zero attached hydrogens (tertiary/aromatic N) is 1. The summed E-state index contributed by atoms with van der Waals surface area (Å²) in [6, 6.07) is 2.12. The molecular weight excluding hydrogens is 200 g/mol. The maximum Gasteiger partial charge on any atom is 0.0667 e. The summed E-state index contributed by atoms with van der Waals surface area (Å²) in [5.41, 5.74) is 1.28. The number of hydrogen-bond donors (Lipinski definition) is 2. The van der Waals surface area contributed by atoms with Gasteiger partial charge in [-0.2, -0.15) is 0 Å². The number of hydrogen-bond acceptors (Lipinski definition) is 2. The molecule has 3 nitrogen and oxygen atoms in total. The van der Waals surface area contributed by atoms with E-state index in [4.69, 9.17) is 0 Å². The normalized spacial score (nSPS) is 13.3. The van der Waals surface area contributed by atoms with Gasteiger partial charge in [-0.3, -0.25) is 0 Å². The Morgan fingerprint density at radius 1 is 1.44 bits per heavy atom. The highest BCUT2D eigenvalue weighted by molar-refractivity contribution is 5.09. The van der Waals surface area contributed by atoms with Crippen LogP contribution >= 0.6 is 0 Å². The molecule has 0 amide bonds. The van der Waals surface area contributed by atoms with Gasteiger partial charge >= 0.3 is 0 Å². The van der Waals surface area contributed by atoms with Crippen LogP contribution < -0.4 is 5.32 Å². The lowest BCUT2D eigenvalue weighted by Crippen LogP contribution is -2.27. The number of aryl methyl sites for hydroxylation is 1. The summed E-state index contributed by atoms with van der Waals surface area (Å²) in [6.45, 7) is 8.91. The Morgan fingerprint density at radius 2 is 2.19 bits per heavy atom. The fraction of sp³-hybridized carbons (Fsp3) is 0.692. The lowest BCUT2D eigenvalue weighted by molar-refractivity contribution is 0.146. The zero-order valence-electron chi connectivity index (χ0n) is 10.6. The van der Waals surface area contributed by atoms with Gasteiger partial charge in [0.25, 0.3) is 0 Å². The largest absolute Gasteiger partial charge is 0.392 e. The van der Waals surface area contributed by atoms with Crippen molar-refractivity contribution in [2.75, 3.05) is 6.54 Å². The molecule has 0 spiro atoms. The standard InChI is InChI=1S/C13H24N2O/c1-4-15-6-5-12(10-15)8-14-9-13(16)7-11(2)3/h5-6,10-11,13-14,16H,4,7-9H2,1-3H3. The van der Waals surface area contributed by atoms with Crippen LogP contribution in [0.25, 0.3) is 0 Å². The molecule has 1 atom stereocenters. The molecule has 92 valence electrons. The first kappa shape index (κ1) is 13.3. The molecule has 0 fully saturated rings. The average Bonchev–Trinajstić information content (AvgIpc) is 2.64. The predicted octanol–water partition coefficient (Wildman–Crippen LogP) is 2.00. The highest BCUT2D eigenvalue weighted by atomic mass is 16.3. The second-order valence-electron chi connectivity index (χ2n) is 4.76. The van der Waals surface area contributed by atoms with Crippen LogP contribution in [0.2, 0.25) is 0 Å². The van der Waals surface area contributed by atoms with Crippen molar-refractivity contribution >= 4 is 0 Å². The molecule has 0 aliphatic carbocycles. The second-order valence-corrected chi connectivity index (χ2v) is 4.76. The van der Waals surface area contributed by atoms with Gasteiger partial charge in [0.05, 0.1) is 6.10 Å². The van der Waals surface area contributed by atoms with E-state index in [1.54, 1.807) is 0 Å². The fourth-order valence-electron chi connectivity index (χ4n) is 1.80. The molecular formula is C13H24N2O. The summed E-state index contributed by atoms with van der Waals surface area (Å²) in [5, 5.41) is 13.0. The van der Waals surface area contributed by atoms with E-state index in [-0.39, 0.29) is 6.10 Å². The molecule has 0 saturated heterocycles. The van der Waals surface area contributed by atoms with Gasteiger partial charge in [0, 0.05) is 32.0 Å². The van der Waals surface area contributed by atoms with E-state index < -0.39 is 0 Å². The molecule has 1 rings (SSSR count). The van der Waals surface area contributed by atoms with Crippen molar-refractivity contribution in [3.05, 3.63) is 24.0 Å². The third-order valence-electron chi connectivity index (χ3n) is 2.63. The summed E-state index contributed by atoms with van der Waals surface area (Å²) >= 11 is 0. The molecule has 16 heavy (non-hydrogen) atoms. The topological polar surface area (TPSA) is 37.2 Å². The summed E-state index contributed by atoms with van der Waals surface area (Å²) in [7, 11) is 0. The van der Waals surface area contributed by atoms with Gasteiger partial charge in [0.15, 0.2) is 0 Å². The van der Waals surface area contributed by atoms with Gasteiger partial charge in [-0.1, -0.05) is 13.8 Å². The van der Waals surface area contributed by atoms with Crippen LogP contribution in [0, 0.1) is 5.92 Å². The van der Waals surface area contributed by atoms with E-state index in [0.717, 1.165) is 19.5 Å². The van der Waals surface area contributed by atoms with Gasteiger partial charge in [-0.05, 0) is 30.9 Å². The Hall–Kier alpha value is -0.800. The van der Waals surface area contributed by atoms with Crippen molar-refractivity contribution < 1.29 is 5.11 Å². The van der Waals surface area contributed by atoms with Crippen molar-refractivity contribution in [3.63, 3.8) is 0 Å². The fourth-order valence-corrected chi connectivity index (χ4v) is 1.80. The number of aliphatic hydroxyl groups is 1. The van der Waals surface area contributed by atoms with Crippen LogP contribution in [0.15, 0.2) is 18.5 Å². The van der Waals surface area contributed by atoms with Gasteiger partial charge in [0.2, 0.25) is 0 Å². The zero-order chi connectivity index (χ0) is 12.0. The molecule has 0 aliphatic rings. The second kappa shape index (κ2) is 6.71. The van der Waals surface area contributed by atoms with Crippen molar-refractivity contribution in [2.24, 2.45) is 5.92 Å². The summed E-state index contributed by atoms with van der Waals surface area (Å²) in [5.74, 6) is 0.554. The first-order valence-corrected chi connectivity index (χ1v) is 6.15. The van der Waals surface area contributed by atoms with Crippen LogP contribution in [0.4, 0.5) is 0 Å². The monoisotopic (exact) mass is 224 g/mol. The van der Waals surface area contributed by atoms with Crippen molar-refractivity contribution in [1.82, 2.24) is 9.88 Å². The van der Waals surface area contributed by atoms with Crippen molar-refractivity contribution in [3.8, 4) is 0 Å². The number of rotatable bonds is 7. The Balaban J connectivity index is 2.19. The molecule has 0 radical (unpaired) electrons. The summed E-state index contributed by atoms with van der Waals surface area (Å²) < 4.78 is 2.15. The Kier molecular flexibility index (Phi) is 5.56. The van der Waals surface area contributed by atoms with Gasteiger partial charge in [0.1, 0.15) is 0 Å². The molecule has 3 heteroatoms. The average molecular weight is 224 g/mol. The SMILES string of the molecule is CCn1ccc(CNCC(O)CC(C)C)c1. The Labute approximate surface area is 98.5 Å². The van der Waals surface area contributed by atoms with E-state index in [1.165, 1.54) is 5.56 Å². The smallest absolute Gasteiger partial charge is 0.0667 e. The molecule has 0 saturated carbocycles. The Morgan fingerprint density at radius 3 is 2.75 bits per heavy atom. The molecule has 1 aromatic rings. The lowest BCUT2D eigenvalue weighted by Gasteiger charge is -2.13. The molecule has 1 heterocycles. The predicted molar refractivity (Wildman–Crippen MR) is 67.3 cm³/mol. The molecule has 0 bridgehead atoms. The number of nitrogens with one attached hydrogen (secondary N) is 1. The third-order valence-corrected chi connectivity index (χ3v) is 2.63. The van der Waals surface area contributed by atoms with Gasteiger partial charge in [-0.15, -0.1) is 0 Å². The lowest BCUT2D eigenvalue weighted by atomic mass is 10.1. The zero-order valence-corrected chi connectivity index (χ0v) is 10.6. The maximum absolute atomic E-state index is 9.68. The van der Waals surface area contributed by atoms with E-state index in [1.807, 2.05) is 0 Å². The molecule has 1 aromatic heterocycles. The van der Waals surface area contributed by atoms with Crippen LogP contribution in [0.5, 0.6) is 0 Å². The van der Waals surface area contributed by atoms with Crippen molar-refractivity contribution in [2.45, 2.75) is 46.4 Å². The third kappa shape index (κ3) is 4.81. The minimum atomic E-state index is -0.228. The van der Waals surface area contributed by atoms with Gasteiger partial charge < -0.3 is 15.0 Å². The minimum Gasteiger partial charge on any atom is -0.392 e. The van der Waals surface area contributed by atoms with Crippen LogP contribution in [-0.4, -0.2) is 22.3 Å². The van der Waals surface area contributed by atoms with Crippen molar-refractivity contribution in [1.29, 1.82) is 0 Å². The Bertz CT molecular complexity index is 294. The molecule has 0 aliphatic heterocycles. The van der Waals surface area contributed by atoms with E-state index in [2.05, 4.69) is 49.1 Å². The summed E-state index contributed by atoms with van der Waals surface area (Å²) in [4.78, 5) is 0. The van der Waals surface area contributed by atoms with Crippen LogP contribution in [0.1, 0.15) is 32.8 Å². The molecule has 0 aromatic carbocycles. The minimum absolute atomic E-state index is 0.228. The molecule has 2 N–H and O–H groups in total. The van der Waals surface area contributed by atoms with E-state index in [0.29, 0.717) is 12.5 Å². The van der Waals surface area contributed by atoms with Gasteiger partial charge in [-0.25, -0.2) is 0 Å². The quantitative estimate of drug-likeness (QED) is 0.743. The van der Waals surface area contributed by atoms with E-state index >= 15 is 0 Å². The highest BCUT2D eigenvalue weighted by Gasteiger charge is 2.06. The van der Waals surface area contributed by atoms with E-state index in [9.17, 15) is 5.11 Å². The molecule has 1 unspecified atom stereocenters. The number of aromatic nitrogens is 1. The summed E-state index contributed by atoms with van der Waals surface area (Å²) in [6.07, 6.45) is 4.86. The first-order valence-electron chi connectivity index (χ1n) is 6.15. The highest BCUT2D eigenvalue weighted by Crippen LogP contribution is 2.04. The number of aliphatic hydroxyl groups excluding tert-OH is 1. The maximum atomic E-state index is 9.68. The first-order chi connectivity index (χ1) is 7.61.